The van der Waals surface area contributed by atoms with Crippen LogP contribution in [0.15, 0.2) is 71.6 Å². The van der Waals surface area contributed by atoms with Crippen LogP contribution in [0.25, 0.3) is 6.08 Å². The number of halogens is 1. The van der Waals surface area contributed by atoms with Gasteiger partial charge in [0.05, 0.1) is 28.5 Å². The van der Waals surface area contributed by atoms with Crippen LogP contribution < -0.4 is 9.47 Å². The second-order valence-electron chi connectivity index (χ2n) is 7.73. The number of non-ortho nitro benzene ring substituents is 1. The number of imide groups is 1. The standard InChI is InChI=1S/C26H19ClN2O7S/c1-2-35-22-12-17(8-11-21(22)36-25(31)18-4-3-5-19(27)14-18)13-23-24(30)28(26(32)37-23)15-16-6-9-20(10-7-16)29(33)34/h3-14H,2,15H2,1H3/b23-13-. The second kappa shape index (κ2) is 11.3. The van der Waals surface area contributed by atoms with Crippen molar-refractivity contribution in [3.63, 3.8) is 0 Å². The SMILES string of the molecule is CCOc1cc(/C=C2\SC(=O)N(Cc3ccc([N+](=O)[O-])cc3)C2=O)ccc1OC(=O)c1cccc(Cl)c1. The number of ether oxygens (including phenoxy) is 2. The van der Waals surface area contributed by atoms with E-state index in [1.165, 1.54) is 30.3 Å². The van der Waals surface area contributed by atoms with Crippen molar-refractivity contribution < 1.29 is 28.8 Å². The highest BCUT2D eigenvalue weighted by Gasteiger charge is 2.35. The van der Waals surface area contributed by atoms with Crippen LogP contribution in [-0.2, 0) is 11.3 Å². The summed E-state index contributed by atoms with van der Waals surface area (Å²) in [7, 11) is 0. The van der Waals surface area contributed by atoms with Crippen LogP contribution in [-0.4, -0.2) is 33.5 Å². The van der Waals surface area contributed by atoms with Crippen LogP contribution in [0.2, 0.25) is 5.02 Å². The van der Waals surface area contributed by atoms with Gasteiger partial charge < -0.3 is 9.47 Å². The monoisotopic (exact) mass is 538 g/mol. The van der Waals surface area contributed by atoms with Crippen LogP contribution in [0.3, 0.4) is 0 Å². The molecule has 0 unspecified atom stereocenters. The first-order chi connectivity index (χ1) is 17.7. The van der Waals surface area contributed by atoms with E-state index in [1.54, 1.807) is 49.4 Å². The first-order valence-corrected chi connectivity index (χ1v) is 12.2. The first kappa shape index (κ1) is 25.9. The number of esters is 1. The number of nitro groups is 1. The lowest BCUT2D eigenvalue weighted by Gasteiger charge is -2.12. The number of thioether (sulfide) groups is 1. The lowest BCUT2D eigenvalue weighted by atomic mass is 10.1. The fraction of sp³-hybridized carbons (Fsp3) is 0.115. The molecule has 9 nitrogen and oxygen atoms in total. The number of nitrogens with zero attached hydrogens (tertiary/aromatic N) is 2. The second-order valence-corrected chi connectivity index (χ2v) is 9.16. The number of carbonyl (C=O) groups is 3. The molecule has 1 aliphatic heterocycles. The van der Waals surface area contributed by atoms with E-state index >= 15 is 0 Å². The predicted molar refractivity (Wildman–Crippen MR) is 139 cm³/mol. The smallest absolute Gasteiger partial charge is 0.343 e. The van der Waals surface area contributed by atoms with E-state index in [0.717, 1.165) is 16.7 Å². The van der Waals surface area contributed by atoms with Crippen LogP contribution in [0.4, 0.5) is 10.5 Å². The summed E-state index contributed by atoms with van der Waals surface area (Å²) in [5.74, 6) is -0.613. The third-order valence-electron chi connectivity index (χ3n) is 5.19. The largest absolute Gasteiger partial charge is 0.490 e. The molecule has 4 rings (SSSR count). The molecule has 0 saturated carbocycles. The first-order valence-electron chi connectivity index (χ1n) is 11.0. The number of hydrogen-bond donors (Lipinski definition) is 0. The average molecular weight is 539 g/mol. The minimum atomic E-state index is -0.608. The van der Waals surface area contributed by atoms with Gasteiger partial charge >= 0.3 is 5.97 Å². The minimum absolute atomic E-state index is 0.0113. The van der Waals surface area contributed by atoms with E-state index in [4.69, 9.17) is 21.1 Å². The summed E-state index contributed by atoms with van der Waals surface area (Å²) < 4.78 is 11.1. The van der Waals surface area contributed by atoms with Crippen molar-refractivity contribution in [2.24, 2.45) is 0 Å². The molecule has 1 aliphatic rings. The molecule has 2 amide bonds. The Hall–Kier alpha value is -4.15. The number of amides is 2. The molecule has 188 valence electrons. The van der Waals surface area contributed by atoms with Gasteiger partial charge in [0.25, 0.3) is 16.8 Å². The molecule has 11 heteroatoms. The summed E-state index contributed by atoms with van der Waals surface area (Å²) in [4.78, 5) is 49.5. The Morgan fingerprint density at radius 2 is 1.84 bits per heavy atom. The van der Waals surface area contributed by atoms with E-state index in [0.29, 0.717) is 22.8 Å². The minimum Gasteiger partial charge on any atom is -0.490 e. The van der Waals surface area contributed by atoms with E-state index in [9.17, 15) is 24.5 Å². The molecule has 0 atom stereocenters. The maximum absolute atomic E-state index is 12.9. The molecule has 1 saturated heterocycles. The molecule has 0 aliphatic carbocycles. The van der Waals surface area contributed by atoms with E-state index < -0.39 is 22.0 Å². The fourth-order valence-electron chi connectivity index (χ4n) is 3.43. The molecule has 0 bridgehead atoms. The van der Waals surface area contributed by atoms with Crippen molar-refractivity contribution in [3.8, 4) is 11.5 Å². The van der Waals surface area contributed by atoms with Crippen LogP contribution >= 0.6 is 23.4 Å². The van der Waals surface area contributed by atoms with Gasteiger partial charge in [-0.3, -0.25) is 24.6 Å². The topological polar surface area (TPSA) is 116 Å². The number of benzene rings is 3. The molecule has 0 radical (unpaired) electrons. The van der Waals surface area contributed by atoms with E-state index in [-0.39, 0.29) is 34.2 Å². The van der Waals surface area contributed by atoms with Crippen LogP contribution in [0, 0.1) is 10.1 Å². The Morgan fingerprint density at radius 3 is 2.51 bits per heavy atom. The lowest BCUT2D eigenvalue weighted by molar-refractivity contribution is -0.384. The van der Waals surface area contributed by atoms with Crippen molar-refractivity contribution in [3.05, 3.63) is 103 Å². The van der Waals surface area contributed by atoms with E-state index in [1.807, 2.05) is 0 Å². The zero-order valence-electron chi connectivity index (χ0n) is 19.4. The van der Waals surface area contributed by atoms with Crippen molar-refractivity contribution in [1.29, 1.82) is 0 Å². The maximum Gasteiger partial charge on any atom is 0.343 e. The molecule has 0 N–H and O–H groups in total. The average Bonchev–Trinajstić information content (AvgIpc) is 3.13. The van der Waals surface area contributed by atoms with Gasteiger partial charge in [0, 0.05) is 17.2 Å². The summed E-state index contributed by atoms with van der Waals surface area (Å²) >= 11 is 6.74. The molecular formula is C26H19ClN2O7S. The lowest BCUT2D eigenvalue weighted by Crippen LogP contribution is -2.27. The highest BCUT2D eigenvalue weighted by atomic mass is 35.5. The summed E-state index contributed by atoms with van der Waals surface area (Å²) in [6.45, 7) is 2.07. The maximum atomic E-state index is 12.9. The van der Waals surface area contributed by atoms with Crippen molar-refractivity contribution in [2.45, 2.75) is 13.5 Å². The molecule has 0 aromatic heterocycles. The molecule has 3 aromatic rings. The van der Waals surface area contributed by atoms with Gasteiger partial charge in [-0.25, -0.2) is 4.79 Å². The van der Waals surface area contributed by atoms with Gasteiger partial charge in [0.1, 0.15) is 0 Å². The number of hydrogen-bond acceptors (Lipinski definition) is 8. The fourth-order valence-corrected chi connectivity index (χ4v) is 4.46. The van der Waals surface area contributed by atoms with Gasteiger partial charge in [0.2, 0.25) is 0 Å². The quantitative estimate of drug-likeness (QED) is 0.111. The Balaban J connectivity index is 1.52. The highest BCUT2D eigenvalue weighted by molar-refractivity contribution is 8.18. The zero-order chi connectivity index (χ0) is 26.5. The highest BCUT2D eigenvalue weighted by Crippen LogP contribution is 2.36. The molecule has 1 heterocycles. The van der Waals surface area contributed by atoms with Gasteiger partial charge in [0.15, 0.2) is 11.5 Å². The van der Waals surface area contributed by atoms with Crippen LogP contribution in [0.1, 0.15) is 28.4 Å². The number of carbonyl (C=O) groups excluding carboxylic acids is 3. The molecule has 37 heavy (non-hydrogen) atoms. The third kappa shape index (κ3) is 6.16. The molecular weight excluding hydrogens is 520 g/mol. The van der Waals surface area contributed by atoms with Crippen molar-refractivity contribution in [2.75, 3.05) is 6.61 Å². The Bertz CT molecular complexity index is 1420. The number of nitro benzene ring substituents is 1. The molecule has 3 aromatic carbocycles. The zero-order valence-corrected chi connectivity index (χ0v) is 21.0. The molecule has 1 fully saturated rings. The Kier molecular flexibility index (Phi) is 7.90. The van der Waals surface area contributed by atoms with Gasteiger partial charge in [-0.15, -0.1) is 0 Å². The third-order valence-corrected chi connectivity index (χ3v) is 6.33. The van der Waals surface area contributed by atoms with E-state index in [2.05, 4.69) is 0 Å². The summed E-state index contributed by atoms with van der Waals surface area (Å²) in [6.07, 6.45) is 1.55. The predicted octanol–water partition coefficient (Wildman–Crippen LogP) is 6.10. The normalized spacial score (nSPS) is 14.2. The number of rotatable bonds is 8. The van der Waals surface area contributed by atoms with Gasteiger partial charge in [-0.1, -0.05) is 35.9 Å². The van der Waals surface area contributed by atoms with Crippen LogP contribution in [0.5, 0.6) is 11.5 Å². The van der Waals surface area contributed by atoms with Gasteiger partial charge in [-0.05, 0) is 66.2 Å². The van der Waals surface area contributed by atoms with Crippen molar-refractivity contribution in [1.82, 2.24) is 4.90 Å². The Labute approximate surface area is 220 Å². The molecule has 0 spiro atoms. The van der Waals surface area contributed by atoms with Crippen molar-refractivity contribution >= 4 is 52.2 Å². The summed E-state index contributed by atoms with van der Waals surface area (Å²) in [5.41, 5.74) is 1.34. The summed E-state index contributed by atoms with van der Waals surface area (Å²) in [5, 5.41) is 10.8. The summed E-state index contributed by atoms with van der Waals surface area (Å²) in [6, 6.07) is 16.8. The Morgan fingerprint density at radius 1 is 1.08 bits per heavy atom. The van der Waals surface area contributed by atoms with Gasteiger partial charge in [-0.2, -0.15) is 0 Å².